The molecule has 0 bridgehead atoms. The third kappa shape index (κ3) is 3.99. The predicted octanol–water partition coefficient (Wildman–Crippen LogP) is 3.98. The largest absolute Gasteiger partial charge is 0.371 e. The standard InChI is InChI=1S/C18H30N2/c1-13(2)19-10-17-6-7-18(9-16(17)5)20-11-14(3)8-15(4)12-20/h6-7,9,13-15,19H,8,10-12H2,1-5H3. The molecule has 0 saturated carbocycles. The Morgan fingerprint density at radius 1 is 1.20 bits per heavy atom. The van der Waals surface area contributed by atoms with Crippen molar-refractivity contribution in [3.8, 4) is 0 Å². The first-order valence-electron chi connectivity index (χ1n) is 8.03. The summed E-state index contributed by atoms with van der Waals surface area (Å²) in [6, 6.07) is 7.50. The summed E-state index contributed by atoms with van der Waals surface area (Å²) in [4.78, 5) is 2.56. The van der Waals surface area contributed by atoms with Crippen LogP contribution in [-0.4, -0.2) is 19.1 Å². The van der Waals surface area contributed by atoms with Crippen molar-refractivity contribution in [3.63, 3.8) is 0 Å². The monoisotopic (exact) mass is 274 g/mol. The van der Waals surface area contributed by atoms with Crippen LogP contribution in [0, 0.1) is 18.8 Å². The van der Waals surface area contributed by atoms with Gasteiger partial charge in [-0.3, -0.25) is 0 Å². The van der Waals surface area contributed by atoms with Crippen LogP contribution in [-0.2, 0) is 6.54 Å². The van der Waals surface area contributed by atoms with Gasteiger partial charge in [-0.2, -0.15) is 0 Å². The van der Waals surface area contributed by atoms with E-state index in [0.29, 0.717) is 6.04 Å². The van der Waals surface area contributed by atoms with Gasteiger partial charge < -0.3 is 10.2 Å². The molecule has 1 aromatic rings. The molecule has 1 heterocycles. The number of nitrogens with one attached hydrogen (secondary N) is 1. The van der Waals surface area contributed by atoms with E-state index in [-0.39, 0.29) is 0 Å². The molecule has 1 aliphatic rings. The first-order valence-corrected chi connectivity index (χ1v) is 8.03. The topological polar surface area (TPSA) is 15.3 Å². The molecular formula is C18H30N2. The van der Waals surface area contributed by atoms with Crippen molar-refractivity contribution in [2.45, 2.75) is 53.6 Å². The minimum atomic E-state index is 0.540. The second-order valence-electron chi connectivity index (χ2n) is 7.00. The quantitative estimate of drug-likeness (QED) is 0.893. The Morgan fingerprint density at radius 2 is 1.85 bits per heavy atom. The second-order valence-corrected chi connectivity index (χ2v) is 7.00. The molecule has 2 heteroatoms. The third-order valence-electron chi connectivity index (χ3n) is 4.26. The summed E-state index contributed by atoms with van der Waals surface area (Å²) in [5.41, 5.74) is 4.22. The second kappa shape index (κ2) is 6.62. The molecule has 0 radical (unpaired) electrons. The van der Waals surface area contributed by atoms with Gasteiger partial charge in [0.2, 0.25) is 0 Å². The molecule has 2 atom stereocenters. The van der Waals surface area contributed by atoms with Crippen LogP contribution in [0.5, 0.6) is 0 Å². The average Bonchev–Trinajstić information content (AvgIpc) is 2.35. The van der Waals surface area contributed by atoms with E-state index < -0.39 is 0 Å². The summed E-state index contributed by atoms with van der Waals surface area (Å²) in [6.45, 7) is 14.7. The van der Waals surface area contributed by atoms with Crippen LogP contribution in [0.1, 0.15) is 45.2 Å². The van der Waals surface area contributed by atoms with Gasteiger partial charge in [-0.1, -0.05) is 33.8 Å². The van der Waals surface area contributed by atoms with E-state index in [1.807, 2.05) is 0 Å². The van der Waals surface area contributed by atoms with Crippen molar-refractivity contribution in [2.24, 2.45) is 11.8 Å². The normalized spacial score (nSPS) is 23.4. The maximum Gasteiger partial charge on any atom is 0.0369 e. The molecule has 1 aromatic carbocycles. The number of anilines is 1. The van der Waals surface area contributed by atoms with Crippen molar-refractivity contribution >= 4 is 5.69 Å². The number of nitrogens with zero attached hydrogens (tertiary/aromatic N) is 1. The molecule has 0 spiro atoms. The van der Waals surface area contributed by atoms with Crippen LogP contribution in [0.15, 0.2) is 18.2 Å². The highest BCUT2D eigenvalue weighted by Gasteiger charge is 2.22. The van der Waals surface area contributed by atoms with Crippen LogP contribution in [0.3, 0.4) is 0 Å². The molecule has 2 unspecified atom stereocenters. The number of rotatable bonds is 4. The molecule has 1 N–H and O–H groups in total. The zero-order chi connectivity index (χ0) is 14.7. The molecule has 0 aromatic heterocycles. The van der Waals surface area contributed by atoms with Crippen molar-refractivity contribution in [3.05, 3.63) is 29.3 Å². The summed E-state index contributed by atoms with van der Waals surface area (Å²) in [7, 11) is 0. The van der Waals surface area contributed by atoms with Gasteiger partial charge in [-0.15, -0.1) is 0 Å². The van der Waals surface area contributed by atoms with Crippen LogP contribution < -0.4 is 10.2 Å². The van der Waals surface area contributed by atoms with Crippen molar-refractivity contribution in [1.29, 1.82) is 0 Å². The molecular weight excluding hydrogens is 244 g/mol. The van der Waals surface area contributed by atoms with Crippen LogP contribution in [0.25, 0.3) is 0 Å². The lowest BCUT2D eigenvalue weighted by atomic mass is 9.91. The Hall–Kier alpha value is -1.02. The average molecular weight is 274 g/mol. The highest BCUT2D eigenvalue weighted by Crippen LogP contribution is 2.27. The molecule has 20 heavy (non-hydrogen) atoms. The highest BCUT2D eigenvalue weighted by molar-refractivity contribution is 5.51. The van der Waals surface area contributed by atoms with E-state index in [0.717, 1.165) is 18.4 Å². The zero-order valence-corrected chi connectivity index (χ0v) is 13.7. The Kier molecular flexibility index (Phi) is 5.09. The number of piperidine rings is 1. The fourth-order valence-electron chi connectivity index (χ4n) is 3.26. The minimum Gasteiger partial charge on any atom is -0.371 e. The molecule has 0 amide bonds. The Labute approximate surface area is 124 Å². The lowest BCUT2D eigenvalue weighted by molar-refractivity contribution is 0.357. The Balaban J connectivity index is 2.08. The molecule has 1 saturated heterocycles. The number of hydrogen-bond donors (Lipinski definition) is 1. The summed E-state index contributed by atoms with van der Waals surface area (Å²) in [5.74, 6) is 1.61. The molecule has 2 nitrogen and oxygen atoms in total. The smallest absolute Gasteiger partial charge is 0.0369 e. The fourth-order valence-corrected chi connectivity index (χ4v) is 3.26. The minimum absolute atomic E-state index is 0.540. The summed E-state index contributed by atoms with van der Waals surface area (Å²) < 4.78 is 0. The van der Waals surface area contributed by atoms with Gasteiger partial charge in [0.05, 0.1) is 0 Å². The molecule has 1 aliphatic heterocycles. The molecule has 0 aliphatic carbocycles. The Bertz CT molecular complexity index is 429. The van der Waals surface area contributed by atoms with Crippen molar-refractivity contribution in [1.82, 2.24) is 5.32 Å². The summed E-state index contributed by atoms with van der Waals surface area (Å²) in [5, 5.41) is 3.50. The van der Waals surface area contributed by atoms with E-state index in [1.54, 1.807) is 0 Å². The first-order chi connectivity index (χ1) is 9.45. The van der Waals surface area contributed by atoms with E-state index in [4.69, 9.17) is 0 Å². The third-order valence-corrected chi connectivity index (χ3v) is 4.26. The van der Waals surface area contributed by atoms with Gasteiger partial charge in [-0.25, -0.2) is 0 Å². The van der Waals surface area contributed by atoms with Crippen molar-refractivity contribution in [2.75, 3.05) is 18.0 Å². The Morgan fingerprint density at radius 3 is 2.40 bits per heavy atom. The lowest BCUT2D eigenvalue weighted by Crippen LogP contribution is -2.38. The van der Waals surface area contributed by atoms with Gasteiger partial charge >= 0.3 is 0 Å². The summed E-state index contributed by atoms with van der Waals surface area (Å²) in [6.07, 6.45) is 1.37. The first kappa shape index (κ1) is 15.4. The number of aryl methyl sites for hydroxylation is 1. The maximum atomic E-state index is 3.50. The van der Waals surface area contributed by atoms with Gasteiger partial charge in [0, 0.05) is 31.4 Å². The van der Waals surface area contributed by atoms with Gasteiger partial charge in [0.25, 0.3) is 0 Å². The number of benzene rings is 1. The lowest BCUT2D eigenvalue weighted by Gasteiger charge is -2.37. The SMILES string of the molecule is Cc1cc(N2CC(C)CC(C)C2)ccc1CNC(C)C. The van der Waals surface area contributed by atoms with Crippen molar-refractivity contribution < 1.29 is 0 Å². The zero-order valence-electron chi connectivity index (χ0n) is 13.7. The van der Waals surface area contributed by atoms with Crippen LogP contribution in [0.4, 0.5) is 5.69 Å². The van der Waals surface area contributed by atoms with E-state index in [9.17, 15) is 0 Å². The van der Waals surface area contributed by atoms with E-state index >= 15 is 0 Å². The van der Waals surface area contributed by atoms with E-state index in [1.165, 1.54) is 36.3 Å². The van der Waals surface area contributed by atoms with Crippen LogP contribution in [0.2, 0.25) is 0 Å². The fraction of sp³-hybridized carbons (Fsp3) is 0.667. The molecule has 1 fully saturated rings. The summed E-state index contributed by atoms with van der Waals surface area (Å²) >= 11 is 0. The highest BCUT2D eigenvalue weighted by atomic mass is 15.1. The molecule has 2 rings (SSSR count). The van der Waals surface area contributed by atoms with Gasteiger partial charge in [0.1, 0.15) is 0 Å². The predicted molar refractivity (Wildman–Crippen MR) is 88.3 cm³/mol. The molecule has 112 valence electrons. The van der Waals surface area contributed by atoms with Gasteiger partial charge in [-0.05, 0) is 48.4 Å². The van der Waals surface area contributed by atoms with Gasteiger partial charge in [0.15, 0.2) is 0 Å². The van der Waals surface area contributed by atoms with Crippen LogP contribution >= 0.6 is 0 Å². The maximum absolute atomic E-state index is 3.50. The van der Waals surface area contributed by atoms with E-state index in [2.05, 4.69) is 63.0 Å². The number of hydrogen-bond acceptors (Lipinski definition) is 2.